The molecule has 0 bridgehead atoms. The largest absolute Gasteiger partial charge is 0.247 e. The van der Waals surface area contributed by atoms with Gasteiger partial charge in [-0.05, 0) is 74.8 Å². The summed E-state index contributed by atoms with van der Waals surface area (Å²) in [6.07, 6.45) is 0. The van der Waals surface area contributed by atoms with Crippen LogP contribution >= 0.6 is 11.3 Å². The van der Waals surface area contributed by atoms with Gasteiger partial charge in [0.25, 0.3) is 0 Å². The second-order valence-corrected chi connectivity index (χ2v) is 17.6. The van der Waals surface area contributed by atoms with E-state index in [4.69, 9.17) is 19.9 Å². The number of para-hydroxylation sites is 1. The minimum Gasteiger partial charge on any atom is -0.247 e. The highest BCUT2D eigenvalue weighted by molar-refractivity contribution is 7.24. The highest BCUT2D eigenvalue weighted by Gasteiger charge is 2.24. The number of fused-ring (bicyclic) bond motifs is 3. The Balaban J connectivity index is 1.07. The quantitative estimate of drug-likeness (QED) is 0.145. The van der Waals surface area contributed by atoms with Gasteiger partial charge in [0.2, 0.25) is 0 Å². The monoisotopic (exact) mass is 872 g/mol. The Morgan fingerprint density at radius 3 is 1.25 bits per heavy atom. The number of benzene rings is 9. The molecule has 314 valence electrons. The Morgan fingerprint density at radius 1 is 0.269 bits per heavy atom. The third-order valence-electron chi connectivity index (χ3n) is 12.3. The van der Waals surface area contributed by atoms with E-state index >= 15 is 0 Å². The predicted molar refractivity (Wildman–Crippen MR) is 279 cm³/mol. The summed E-state index contributed by atoms with van der Waals surface area (Å²) in [6.45, 7) is 0. The van der Waals surface area contributed by atoms with Crippen molar-refractivity contribution in [1.82, 2.24) is 19.9 Å². The third kappa shape index (κ3) is 7.78. The van der Waals surface area contributed by atoms with Crippen LogP contribution in [0, 0.1) is 0 Å². The molecule has 3 aromatic heterocycles. The van der Waals surface area contributed by atoms with Gasteiger partial charge in [-0.1, -0.05) is 212 Å². The van der Waals surface area contributed by atoms with Crippen LogP contribution in [-0.4, -0.2) is 19.9 Å². The van der Waals surface area contributed by atoms with Gasteiger partial charge in [-0.25, -0.2) is 19.9 Å². The maximum Gasteiger partial charge on any atom is 0.164 e. The number of thiophene rings is 1. The lowest BCUT2D eigenvalue weighted by Gasteiger charge is -2.14. The van der Waals surface area contributed by atoms with Crippen LogP contribution < -0.4 is 0 Å². The van der Waals surface area contributed by atoms with Crippen molar-refractivity contribution in [2.45, 2.75) is 0 Å². The average Bonchev–Trinajstić information content (AvgIpc) is 3.83. The molecule has 0 N–H and O–H groups in total. The second kappa shape index (κ2) is 17.4. The summed E-state index contributed by atoms with van der Waals surface area (Å²) in [7, 11) is 0. The lowest BCUT2D eigenvalue weighted by molar-refractivity contribution is 1.07. The van der Waals surface area contributed by atoms with Crippen molar-refractivity contribution in [2.75, 3.05) is 0 Å². The molecule has 0 aliphatic heterocycles. The van der Waals surface area contributed by atoms with Crippen LogP contribution in [-0.2, 0) is 0 Å². The highest BCUT2D eigenvalue weighted by atomic mass is 32.1. The second-order valence-electron chi connectivity index (χ2n) is 16.6. The molecule has 0 atom stereocenters. The summed E-state index contributed by atoms with van der Waals surface area (Å²) in [5, 5.41) is 2.27. The van der Waals surface area contributed by atoms with Crippen molar-refractivity contribution in [3.05, 3.63) is 243 Å². The van der Waals surface area contributed by atoms with Gasteiger partial charge in [0.05, 0.1) is 11.2 Å². The van der Waals surface area contributed by atoms with E-state index in [9.17, 15) is 0 Å². The first-order chi connectivity index (χ1) is 33.2. The van der Waals surface area contributed by atoms with Crippen LogP contribution in [0.2, 0.25) is 0 Å². The number of pyridine rings is 1. The zero-order chi connectivity index (χ0) is 44.5. The molecular weight excluding hydrogens is 833 g/mol. The maximum absolute atomic E-state index is 5.44. The Morgan fingerprint density at radius 2 is 0.672 bits per heavy atom. The molecule has 12 aromatic rings. The topological polar surface area (TPSA) is 51.6 Å². The van der Waals surface area contributed by atoms with Gasteiger partial charge in [-0.3, -0.25) is 0 Å². The van der Waals surface area contributed by atoms with Crippen LogP contribution in [0.5, 0.6) is 0 Å². The van der Waals surface area contributed by atoms with Crippen molar-refractivity contribution >= 4 is 32.3 Å². The predicted octanol–water partition coefficient (Wildman–Crippen LogP) is 16.6. The standard InChI is InChI=1S/C62H40N4S/c1-6-19-41(20-7-1)48-29-18-30-49(37-48)62-65-60(46-27-14-5-15-28-46)64-61(66-62)47-35-33-44(34-36-47)55-56-57(45-25-12-4-13-26-45)63-54-32-17-16-31-53(54)59(56)67-58(55)52-39-50(42-21-8-2-9-22-42)38-51(40-52)43-23-10-3-11-24-43/h1-40H. The average molecular weight is 873 g/mol. The van der Waals surface area contributed by atoms with Crippen LogP contribution in [0.3, 0.4) is 0 Å². The molecule has 12 rings (SSSR count). The van der Waals surface area contributed by atoms with E-state index in [1.165, 1.54) is 20.7 Å². The van der Waals surface area contributed by atoms with E-state index in [1.54, 1.807) is 0 Å². The molecular formula is C62H40N4S. The van der Waals surface area contributed by atoms with E-state index in [0.29, 0.717) is 17.5 Å². The van der Waals surface area contributed by atoms with Crippen LogP contribution in [0.1, 0.15) is 0 Å². The fraction of sp³-hybridized carbons (Fsp3) is 0. The van der Waals surface area contributed by atoms with Gasteiger partial charge >= 0.3 is 0 Å². The number of hydrogen-bond donors (Lipinski definition) is 0. The van der Waals surface area contributed by atoms with Gasteiger partial charge in [0.1, 0.15) is 0 Å². The molecule has 67 heavy (non-hydrogen) atoms. The van der Waals surface area contributed by atoms with Crippen molar-refractivity contribution in [1.29, 1.82) is 0 Å². The molecule has 4 nitrogen and oxygen atoms in total. The smallest absolute Gasteiger partial charge is 0.164 e. The summed E-state index contributed by atoms with van der Waals surface area (Å²) < 4.78 is 1.21. The molecule has 0 amide bonds. The van der Waals surface area contributed by atoms with E-state index in [-0.39, 0.29) is 0 Å². The summed E-state index contributed by atoms with van der Waals surface area (Å²) in [4.78, 5) is 22.0. The van der Waals surface area contributed by atoms with Gasteiger partial charge in [-0.15, -0.1) is 11.3 Å². The summed E-state index contributed by atoms with van der Waals surface area (Å²) in [5.41, 5.74) is 16.0. The number of nitrogens with zero attached hydrogens (tertiary/aromatic N) is 4. The molecule has 0 aliphatic rings. The van der Waals surface area contributed by atoms with Crippen LogP contribution in [0.15, 0.2) is 243 Å². The molecule has 0 spiro atoms. The minimum atomic E-state index is 0.608. The summed E-state index contributed by atoms with van der Waals surface area (Å²) >= 11 is 1.84. The molecule has 0 saturated heterocycles. The van der Waals surface area contributed by atoms with Gasteiger partial charge in [-0.2, -0.15) is 0 Å². The zero-order valence-corrected chi connectivity index (χ0v) is 37.1. The molecule has 9 aromatic carbocycles. The van der Waals surface area contributed by atoms with Crippen molar-refractivity contribution in [3.8, 4) is 100 Å². The van der Waals surface area contributed by atoms with E-state index < -0.39 is 0 Å². The van der Waals surface area contributed by atoms with E-state index in [1.807, 2.05) is 47.7 Å². The molecule has 5 heteroatoms. The van der Waals surface area contributed by atoms with Crippen molar-refractivity contribution < 1.29 is 0 Å². The van der Waals surface area contributed by atoms with Crippen molar-refractivity contribution in [3.63, 3.8) is 0 Å². The lowest BCUT2D eigenvalue weighted by atomic mass is 9.91. The normalized spacial score (nSPS) is 11.3. The van der Waals surface area contributed by atoms with Gasteiger partial charge in [0, 0.05) is 48.2 Å². The molecule has 0 aliphatic carbocycles. The Kier molecular flexibility index (Phi) is 10.4. The Labute approximate surface area is 393 Å². The lowest BCUT2D eigenvalue weighted by Crippen LogP contribution is -2.00. The number of hydrogen-bond acceptors (Lipinski definition) is 5. The fourth-order valence-electron chi connectivity index (χ4n) is 9.03. The molecule has 0 saturated carbocycles. The minimum absolute atomic E-state index is 0.608. The fourth-order valence-corrected chi connectivity index (χ4v) is 10.4. The third-order valence-corrected chi connectivity index (χ3v) is 13.6. The maximum atomic E-state index is 5.44. The number of rotatable bonds is 9. The van der Waals surface area contributed by atoms with E-state index in [0.717, 1.165) is 83.2 Å². The van der Waals surface area contributed by atoms with Gasteiger partial charge in [0.15, 0.2) is 17.5 Å². The molecule has 3 heterocycles. The SMILES string of the molecule is c1ccc(-c2cccc(-c3nc(-c4ccccc4)nc(-c4ccc(-c5c(-c6cc(-c7ccccc7)cc(-c7ccccc7)c6)sc6c5c(-c5ccccc5)nc5ccccc56)cc4)n3)c2)cc1. The number of aromatic nitrogens is 4. The van der Waals surface area contributed by atoms with Crippen molar-refractivity contribution in [2.24, 2.45) is 0 Å². The van der Waals surface area contributed by atoms with E-state index in [2.05, 4.69) is 206 Å². The summed E-state index contributed by atoms with van der Waals surface area (Å²) in [6, 6.07) is 85.3. The first kappa shape index (κ1) is 39.9. The van der Waals surface area contributed by atoms with Gasteiger partial charge < -0.3 is 0 Å². The molecule has 0 unspecified atom stereocenters. The first-order valence-electron chi connectivity index (χ1n) is 22.5. The first-order valence-corrected chi connectivity index (χ1v) is 23.3. The van der Waals surface area contributed by atoms with Crippen LogP contribution in [0.4, 0.5) is 0 Å². The Bertz CT molecular complexity index is 3650. The molecule has 0 radical (unpaired) electrons. The van der Waals surface area contributed by atoms with Crippen LogP contribution in [0.25, 0.3) is 121 Å². The zero-order valence-electron chi connectivity index (χ0n) is 36.3. The summed E-state index contributed by atoms with van der Waals surface area (Å²) in [5.74, 6) is 1.85. The Hall–Kier alpha value is -8.64. The highest BCUT2D eigenvalue weighted by Crippen LogP contribution is 2.51. The molecule has 0 fully saturated rings.